The molecule has 0 radical (unpaired) electrons. The molecular weight excluding hydrogens is 254 g/mol. The first-order valence-corrected chi connectivity index (χ1v) is 5.95. The summed E-state index contributed by atoms with van der Waals surface area (Å²) in [4.78, 5) is 10.9. The van der Waals surface area contributed by atoms with E-state index in [1.807, 2.05) is 0 Å². The molecule has 5 atom stereocenters. The smallest absolute Gasteiger partial charge is 0.217 e. The Morgan fingerprint density at radius 3 is 2.68 bits per heavy atom. The molecule has 108 valence electrons. The maximum atomic E-state index is 10.9. The van der Waals surface area contributed by atoms with Crippen molar-refractivity contribution >= 4 is 5.91 Å². The molecule has 7 nitrogen and oxygen atoms in total. The van der Waals surface area contributed by atoms with E-state index in [1.54, 1.807) is 0 Å². The lowest BCUT2D eigenvalue weighted by atomic mass is 9.97. The molecule has 0 aliphatic carbocycles. The Balaban J connectivity index is 2.52. The zero-order valence-electron chi connectivity index (χ0n) is 10.7. The summed E-state index contributed by atoms with van der Waals surface area (Å²) in [5, 5.41) is 31.7. The fourth-order valence-electron chi connectivity index (χ4n) is 1.81. The minimum Gasteiger partial charge on any atom is -0.388 e. The highest BCUT2D eigenvalue weighted by Gasteiger charge is 2.44. The molecule has 0 spiro atoms. The van der Waals surface area contributed by atoms with E-state index in [1.165, 1.54) is 6.92 Å². The van der Waals surface area contributed by atoms with Crippen LogP contribution in [0, 0.1) is 12.3 Å². The zero-order valence-corrected chi connectivity index (χ0v) is 10.7. The van der Waals surface area contributed by atoms with Gasteiger partial charge in [0.25, 0.3) is 0 Å². The average molecular weight is 273 g/mol. The van der Waals surface area contributed by atoms with Crippen LogP contribution in [-0.4, -0.2) is 65.1 Å². The number of nitrogens with one attached hydrogen (secondary N) is 1. The second-order valence-corrected chi connectivity index (χ2v) is 4.30. The van der Waals surface area contributed by atoms with Crippen LogP contribution in [0.5, 0.6) is 0 Å². The van der Waals surface area contributed by atoms with E-state index in [9.17, 15) is 20.1 Å². The van der Waals surface area contributed by atoms with Crippen LogP contribution in [0.2, 0.25) is 0 Å². The molecule has 0 aromatic rings. The third-order valence-electron chi connectivity index (χ3n) is 2.76. The monoisotopic (exact) mass is 273 g/mol. The van der Waals surface area contributed by atoms with E-state index in [2.05, 4.69) is 11.2 Å². The van der Waals surface area contributed by atoms with Gasteiger partial charge in [-0.05, 0) is 0 Å². The summed E-state index contributed by atoms with van der Waals surface area (Å²) < 4.78 is 10.3. The Morgan fingerprint density at radius 2 is 2.11 bits per heavy atom. The first-order chi connectivity index (χ1) is 8.97. The molecule has 4 N–H and O–H groups in total. The van der Waals surface area contributed by atoms with Crippen LogP contribution in [-0.2, 0) is 14.3 Å². The number of hydrogen-bond acceptors (Lipinski definition) is 6. The van der Waals surface area contributed by atoms with Crippen LogP contribution in [0.15, 0.2) is 0 Å². The van der Waals surface area contributed by atoms with Gasteiger partial charge in [-0.3, -0.25) is 4.79 Å². The van der Waals surface area contributed by atoms with Crippen molar-refractivity contribution in [2.75, 3.05) is 13.2 Å². The summed E-state index contributed by atoms with van der Waals surface area (Å²) in [6.07, 6.45) is 0.566. The summed E-state index contributed by atoms with van der Waals surface area (Å²) in [5.74, 6) is 1.95. The van der Waals surface area contributed by atoms with E-state index in [-0.39, 0.29) is 6.61 Å². The molecule has 1 fully saturated rings. The molecule has 1 aliphatic heterocycles. The highest BCUT2D eigenvalue weighted by atomic mass is 16.6. The van der Waals surface area contributed by atoms with Gasteiger partial charge in [0.2, 0.25) is 5.91 Å². The quantitative estimate of drug-likeness (QED) is 0.340. The Bertz CT molecular complexity index is 342. The van der Waals surface area contributed by atoms with Crippen LogP contribution >= 0.6 is 0 Å². The number of ether oxygens (including phenoxy) is 2. The van der Waals surface area contributed by atoms with Crippen LogP contribution in [0.4, 0.5) is 0 Å². The predicted molar refractivity (Wildman–Crippen MR) is 64.8 cm³/mol. The number of carbonyl (C=O) groups is 1. The van der Waals surface area contributed by atoms with Crippen molar-refractivity contribution in [3.8, 4) is 12.3 Å². The minimum atomic E-state index is -1.41. The minimum absolute atomic E-state index is 0.0102. The van der Waals surface area contributed by atoms with Gasteiger partial charge in [-0.15, -0.1) is 12.3 Å². The number of amides is 1. The highest BCUT2D eigenvalue weighted by Crippen LogP contribution is 2.20. The molecule has 7 heteroatoms. The van der Waals surface area contributed by atoms with Gasteiger partial charge >= 0.3 is 0 Å². The molecule has 1 aliphatic rings. The van der Waals surface area contributed by atoms with Gasteiger partial charge in [-0.1, -0.05) is 0 Å². The fourth-order valence-corrected chi connectivity index (χ4v) is 1.81. The van der Waals surface area contributed by atoms with Crippen molar-refractivity contribution in [2.24, 2.45) is 0 Å². The Hall–Kier alpha value is -1.17. The molecule has 0 aromatic carbocycles. The van der Waals surface area contributed by atoms with Crippen LogP contribution in [0.3, 0.4) is 0 Å². The second kappa shape index (κ2) is 7.43. The largest absolute Gasteiger partial charge is 0.388 e. The Morgan fingerprint density at radius 1 is 1.42 bits per heavy atom. The first kappa shape index (κ1) is 15.9. The molecule has 0 unspecified atom stereocenters. The van der Waals surface area contributed by atoms with Gasteiger partial charge in [-0.25, -0.2) is 0 Å². The molecular formula is C12H19NO6. The number of rotatable bonds is 5. The number of hydrogen-bond donors (Lipinski definition) is 4. The number of aliphatic hydroxyl groups is 3. The van der Waals surface area contributed by atoms with Crippen molar-refractivity contribution in [2.45, 2.75) is 44.0 Å². The predicted octanol–water partition coefficient (Wildman–Crippen LogP) is -2.03. The van der Waals surface area contributed by atoms with Crippen molar-refractivity contribution in [3.05, 3.63) is 0 Å². The van der Waals surface area contributed by atoms with E-state index in [0.29, 0.717) is 13.0 Å². The summed E-state index contributed by atoms with van der Waals surface area (Å²) in [7, 11) is 0. The molecule has 0 bridgehead atoms. The molecule has 1 rings (SSSR count). The maximum Gasteiger partial charge on any atom is 0.217 e. The van der Waals surface area contributed by atoms with Crippen molar-refractivity contribution in [1.29, 1.82) is 0 Å². The van der Waals surface area contributed by atoms with Gasteiger partial charge in [0.1, 0.15) is 24.4 Å². The number of aliphatic hydroxyl groups excluding tert-OH is 3. The highest BCUT2D eigenvalue weighted by molar-refractivity contribution is 5.73. The van der Waals surface area contributed by atoms with Gasteiger partial charge in [0.15, 0.2) is 6.29 Å². The molecule has 19 heavy (non-hydrogen) atoms. The lowest BCUT2D eigenvalue weighted by molar-refractivity contribution is -0.256. The van der Waals surface area contributed by atoms with E-state index < -0.39 is 36.6 Å². The molecule has 0 aromatic heterocycles. The number of terminal acetylenes is 1. The maximum absolute atomic E-state index is 10.9. The topological polar surface area (TPSA) is 108 Å². The van der Waals surface area contributed by atoms with Crippen molar-refractivity contribution < 1.29 is 29.6 Å². The molecule has 1 heterocycles. The molecule has 0 saturated carbocycles. The van der Waals surface area contributed by atoms with Gasteiger partial charge in [-0.2, -0.15) is 0 Å². The molecule has 1 saturated heterocycles. The van der Waals surface area contributed by atoms with Gasteiger partial charge in [0, 0.05) is 13.3 Å². The fraction of sp³-hybridized carbons (Fsp3) is 0.750. The van der Waals surface area contributed by atoms with Gasteiger partial charge in [0.05, 0.1) is 13.2 Å². The molecule has 1 amide bonds. The number of carbonyl (C=O) groups excluding carboxylic acids is 1. The summed E-state index contributed by atoms with van der Waals surface area (Å²) in [5.41, 5.74) is 0. The van der Waals surface area contributed by atoms with Crippen LogP contribution < -0.4 is 5.32 Å². The van der Waals surface area contributed by atoms with Crippen LogP contribution in [0.25, 0.3) is 0 Å². The van der Waals surface area contributed by atoms with Crippen LogP contribution in [0.1, 0.15) is 13.3 Å². The lowest BCUT2D eigenvalue weighted by Gasteiger charge is -2.40. The van der Waals surface area contributed by atoms with Crippen molar-refractivity contribution in [1.82, 2.24) is 5.32 Å². The van der Waals surface area contributed by atoms with Crippen molar-refractivity contribution in [3.63, 3.8) is 0 Å². The van der Waals surface area contributed by atoms with Gasteiger partial charge < -0.3 is 30.1 Å². The van der Waals surface area contributed by atoms with E-state index in [0.717, 1.165) is 0 Å². The SMILES string of the molecule is C#CCCOC[C@H]1O[C@@H](O)[C@H](NC(C)=O)[C@@H](O)[C@H]1O. The standard InChI is InChI=1S/C12H19NO6/c1-3-4-5-18-6-8-10(15)11(16)9(12(17)19-8)13-7(2)14/h1,8-12,15-17H,4-6H2,2H3,(H,13,14)/t8-,9-,10+,11-,12-/m1/s1. The zero-order chi connectivity index (χ0) is 14.4. The summed E-state index contributed by atoms with van der Waals surface area (Å²) >= 11 is 0. The third kappa shape index (κ3) is 4.45. The van der Waals surface area contributed by atoms with E-state index >= 15 is 0 Å². The Labute approximate surface area is 111 Å². The summed E-state index contributed by atoms with van der Waals surface area (Å²) in [6, 6.07) is -1.07. The summed E-state index contributed by atoms with van der Waals surface area (Å²) in [6.45, 7) is 1.52. The lowest BCUT2D eigenvalue weighted by Crippen LogP contribution is -2.64. The average Bonchev–Trinajstić information content (AvgIpc) is 2.36. The normalized spacial score (nSPS) is 34.6. The third-order valence-corrected chi connectivity index (χ3v) is 2.76. The second-order valence-electron chi connectivity index (χ2n) is 4.30. The first-order valence-electron chi connectivity index (χ1n) is 5.95. The Kier molecular flexibility index (Phi) is 6.21. The van der Waals surface area contributed by atoms with E-state index in [4.69, 9.17) is 15.9 Å².